The smallest absolute Gasteiger partial charge is 0.309 e. The van der Waals surface area contributed by atoms with E-state index >= 15 is 0 Å². The molecule has 4 heteroatoms. The molecule has 0 heterocycles. The van der Waals surface area contributed by atoms with E-state index in [1.165, 1.54) is 6.92 Å². The molecule has 0 bridgehead atoms. The molecule has 6 atom stereocenters. The Morgan fingerprint density at radius 2 is 2.00 bits per heavy atom. The van der Waals surface area contributed by atoms with E-state index in [1.807, 2.05) is 26.8 Å². The second kappa shape index (κ2) is 7.80. The first-order valence-corrected chi connectivity index (χ1v) is 8.62. The van der Waals surface area contributed by atoms with Gasteiger partial charge in [0.2, 0.25) is 0 Å². The van der Waals surface area contributed by atoms with E-state index in [-0.39, 0.29) is 41.7 Å². The van der Waals surface area contributed by atoms with Crippen molar-refractivity contribution < 1.29 is 19.1 Å². The number of carbonyl (C=O) groups excluding carboxylic acids is 2. The van der Waals surface area contributed by atoms with Crippen molar-refractivity contribution in [3.05, 3.63) is 24.3 Å². The second-order valence-electron chi connectivity index (χ2n) is 6.67. The lowest BCUT2D eigenvalue weighted by Crippen LogP contribution is -2.48. The van der Waals surface area contributed by atoms with Gasteiger partial charge in [-0.25, -0.2) is 0 Å². The van der Waals surface area contributed by atoms with E-state index in [1.54, 1.807) is 0 Å². The van der Waals surface area contributed by atoms with Crippen molar-refractivity contribution in [2.45, 2.75) is 46.6 Å². The highest BCUT2D eigenvalue weighted by atomic mass is 16.5. The van der Waals surface area contributed by atoms with Gasteiger partial charge in [-0.3, -0.25) is 9.59 Å². The average molecular weight is 320 g/mol. The first-order chi connectivity index (χ1) is 11.0. The number of allylic oxidation sites excluding steroid dienone is 4. The molecule has 0 unspecified atom stereocenters. The van der Waals surface area contributed by atoms with Crippen LogP contribution in [0.1, 0.15) is 40.5 Å². The van der Waals surface area contributed by atoms with Crippen molar-refractivity contribution in [3.8, 4) is 0 Å². The van der Waals surface area contributed by atoms with Gasteiger partial charge in [0.15, 0.2) is 0 Å². The summed E-state index contributed by atoms with van der Waals surface area (Å²) in [4.78, 5) is 24.1. The van der Waals surface area contributed by atoms with Crippen LogP contribution in [0.4, 0.5) is 0 Å². The van der Waals surface area contributed by atoms with E-state index < -0.39 is 0 Å². The summed E-state index contributed by atoms with van der Waals surface area (Å²) in [5.74, 6) is 0.0685. The van der Waals surface area contributed by atoms with Crippen molar-refractivity contribution in [2.75, 3.05) is 6.61 Å². The number of rotatable bonds is 4. The molecule has 0 aromatic heterocycles. The highest BCUT2D eigenvalue weighted by Gasteiger charge is 2.48. The van der Waals surface area contributed by atoms with Crippen LogP contribution < -0.4 is 0 Å². The van der Waals surface area contributed by atoms with Crippen molar-refractivity contribution >= 4 is 11.9 Å². The summed E-state index contributed by atoms with van der Waals surface area (Å²) in [5.41, 5.74) is 0. The minimum absolute atomic E-state index is 0.0134. The van der Waals surface area contributed by atoms with E-state index in [2.05, 4.69) is 18.2 Å². The number of hydrogen-bond donors (Lipinski definition) is 0. The van der Waals surface area contributed by atoms with Gasteiger partial charge >= 0.3 is 11.9 Å². The van der Waals surface area contributed by atoms with Crippen LogP contribution in [0.2, 0.25) is 0 Å². The van der Waals surface area contributed by atoms with Gasteiger partial charge in [-0.2, -0.15) is 0 Å². The summed E-state index contributed by atoms with van der Waals surface area (Å²) in [6, 6.07) is 0. The normalized spacial score (nSPS) is 36.5. The predicted molar refractivity (Wildman–Crippen MR) is 88.5 cm³/mol. The molecule has 0 aromatic carbocycles. The maximum Gasteiger partial charge on any atom is 0.309 e. The maximum absolute atomic E-state index is 12.5. The number of fused-ring (bicyclic) bond motifs is 1. The molecule has 2 aliphatic carbocycles. The van der Waals surface area contributed by atoms with Crippen LogP contribution in [0.15, 0.2) is 24.3 Å². The zero-order valence-corrected chi connectivity index (χ0v) is 14.5. The zero-order chi connectivity index (χ0) is 17.0. The zero-order valence-electron chi connectivity index (χ0n) is 14.5. The lowest BCUT2D eigenvalue weighted by molar-refractivity contribution is -0.167. The summed E-state index contributed by atoms with van der Waals surface area (Å²) >= 11 is 0. The van der Waals surface area contributed by atoms with Crippen molar-refractivity contribution in [1.82, 2.24) is 0 Å². The Balaban J connectivity index is 2.31. The van der Waals surface area contributed by atoms with E-state index in [0.717, 1.165) is 12.8 Å². The Kier molecular flexibility index (Phi) is 6.03. The summed E-state index contributed by atoms with van der Waals surface area (Å²) in [6.45, 7) is 7.69. The SMILES string of the molecule is C/C=C/[C@@H]1C[C@H](OC(C)=O)[C@@H]2[C@@H](C(=O)OCC)[C@@H](C)C=C[C@H]2C1. The van der Waals surface area contributed by atoms with Crippen LogP contribution >= 0.6 is 0 Å². The molecule has 1 fully saturated rings. The van der Waals surface area contributed by atoms with Crippen molar-refractivity contribution in [1.29, 1.82) is 0 Å². The Morgan fingerprint density at radius 3 is 2.61 bits per heavy atom. The Morgan fingerprint density at radius 1 is 1.26 bits per heavy atom. The fourth-order valence-electron chi connectivity index (χ4n) is 4.21. The predicted octanol–water partition coefficient (Wildman–Crippen LogP) is 3.52. The molecule has 23 heavy (non-hydrogen) atoms. The molecule has 1 saturated carbocycles. The molecule has 0 N–H and O–H groups in total. The van der Waals surface area contributed by atoms with Gasteiger partial charge in [-0.15, -0.1) is 0 Å². The number of hydrogen-bond acceptors (Lipinski definition) is 4. The highest BCUT2D eigenvalue weighted by Crippen LogP contribution is 2.46. The molecule has 0 spiro atoms. The van der Waals surface area contributed by atoms with Gasteiger partial charge in [0, 0.05) is 12.8 Å². The number of ether oxygens (including phenoxy) is 2. The van der Waals surface area contributed by atoms with Crippen LogP contribution in [0.25, 0.3) is 0 Å². The molecule has 0 saturated heterocycles. The van der Waals surface area contributed by atoms with Gasteiger partial charge in [0.25, 0.3) is 0 Å². The molecule has 2 aliphatic rings. The van der Waals surface area contributed by atoms with Gasteiger partial charge in [0.1, 0.15) is 6.10 Å². The number of esters is 2. The fourth-order valence-corrected chi connectivity index (χ4v) is 4.21. The van der Waals surface area contributed by atoms with Crippen molar-refractivity contribution in [2.24, 2.45) is 29.6 Å². The summed E-state index contributed by atoms with van der Waals surface area (Å²) in [6.07, 6.45) is 10.1. The standard InChI is InChI=1S/C19H28O4/c1-5-7-14-10-15-9-8-12(3)17(19(21)22-6-2)18(15)16(11-14)23-13(4)20/h5,7-9,12,14-18H,6,10-11H2,1-4H3/b7-5+/t12-,14-,15-,16-,17-,18+/m0/s1. The Hall–Kier alpha value is -1.58. The molecule has 0 aliphatic heterocycles. The third-order valence-electron chi connectivity index (χ3n) is 5.02. The molecule has 0 aromatic rings. The van der Waals surface area contributed by atoms with Gasteiger partial charge in [-0.1, -0.05) is 31.2 Å². The van der Waals surface area contributed by atoms with Crippen LogP contribution in [0.5, 0.6) is 0 Å². The second-order valence-corrected chi connectivity index (χ2v) is 6.67. The monoisotopic (exact) mass is 320 g/mol. The highest BCUT2D eigenvalue weighted by molar-refractivity contribution is 5.74. The van der Waals surface area contributed by atoms with Crippen LogP contribution in [-0.4, -0.2) is 24.6 Å². The van der Waals surface area contributed by atoms with Crippen molar-refractivity contribution in [3.63, 3.8) is 0 Å². The lowest BCUT2D eigenvalue weighted by Gasteiger charge is -2.46. The molecule has 2 rings (SSSR count). The summed E-state index contributed by atoms with van der Waals surface area (Å²) in [5, 5.41) is 0. The van der Waals surface area contributed by atoms with E-state index in [0.29, 0.717) is 12.5 Å². The lowest BCUT2D eigenvalue weighted by atomic mass is 9.61. The molecular weight excluding hydrogens is 292 g/mol. The molecule has 0 amide bonds. The van der Waals surface area contributed by atoms with Gasteiger partial charge in [-0.05, 0) is 44.4 Å². The Bertz CT molecular complexity index is 494. The first kappa shape index (κ1) is 17.8. The van der Waals surface area contributed by atoms with Gasteiger partial charge < -0.3 is 9.47 Å². The first-order valence-electron chi connectivity index (χ1n) is 8.62. The number of carbonyl (C=O) groups is 2. The van der Waals surface area contributed by atoms with Crippen LogP contribution in [0.3, 0.4) is 0 Å². The van der Waals surface area contributed by atoms with E-state index in [4.69, 9.17) is 9.47 Å². The molecular formula is C19H28O4. The molecule has 4 nitrogen and oxygen atoms in total. The maximum atomic E-state index is 12.5. The average Bonchev–Trinajstić information content (AvgIpc) is 2.47. The summed E-state index contributed by atoms with van der Waals surface area (Å²) in [7, 11) is 0. The third kappa shape index (κ3) is 4.04. The largest absolute Gasteiger partial charge is 0.466 e. The van der Waals surface area contributed by atoms with Gasteiger partial charge in [0.05, 0.1) is 12.5 Å². The minimum atomic E-state index is -0.278. The fraction of sp³-hybridized carbons (Fsp3) is 0.684. The topological polar surface area (TPSA) is 52.6 Å². The van der Waals surface area contributed by atoms with Crippen LogP contribution in [0, 0.1) is 29.6 Å². The Labute approximate surface area is 138 Å². The van der Waals surface area contributed by atoms with E-state index in [9.17, 15) is 9.59 Å². The molecule has 128 valence electrons. The quantitative estimate of drug-likeness (QED) is 0.587. The van der Waals surface area contributed by atoms with Crippen LogP contribution in [-0.2, 0) is 19.1 Å². The minimum Gasteiger partial charge on any atom is -0.466 e. The third-order valence-corrected chi connectivity index (χ3v) is 5.02. The molecule has 0 radical (unpaired) electrons. The summed E-state index contributed by atoms with van der Waals surface area (Å²) < 4.78 is 10.9.